The van der Waals surface area contributed by atoms with Crippen LogP contribution >= 0.6 is 22.7 Å². The monoisotopic (exact) mass is 494 g/mol. The lowest BCUT2D eigenvalue weighted by Crippen LogP contribution is -2.37. The minimum Gasteiger partial charge on any atom is -0.335 e. The Labute approximate surface area is 216 Å². The van der Waals surface area contributed by atoms with Crippen molar-refractivity contribution in [2.75, 3.05) is 9.80 Å². The summed E-state index contributed by atoms with van der Waals surface area (Å²) in [5.74, 6) is 0. The molecule has 0 aliphatic heterocycles. The molecule has 0 radical (unpaired) electrons. The van der Waals surface area contributed by atoms with Gasteiger partial charge < -0.3 is 9.80 Å². The Morgan fingerprint density at radius 2 is 0.971 bits per heavy atom. The predicted octanol–water partition coefficient (Wildman–Crippen LogP) is 10.2. The molecule has 5 rings (SSSR count). The van der Waals surface area contributed by atoms with E-state index in [9.17, 15) is 0 Å². The van der Waals surface area contributed by atoms with Crippen LogP contribution in [-0.2, 0) is 0 Å². The van der Waals surface area contributed by atoms with Crippen LogP contribution in [0, 0.1) is 6.92 Å². The number of aryl methyl sites for hydroxylation is 1. The highest BCUT2D eigenvalue weighted by molar-refractivity contribution is 7.08. The van der Waals surface area contributed by atoms with Crippen LogP contribution in [0.25, 0.3) is 11.1 Å². The van der Waals surface area contributed by atoms with Crippen molar-refractivity contribution in [2.45, 2.75) is 33.2 Å². The molecule has 2 aromatic heterocycles. The highest BCUT2D eigenvalue weighted by atomic mass is 32.1. The van der Waals surface area contributed by atoms with E-state index >= 15 is 0 Å². The molecule has 0 unspecified atom stereocenters. The second-order valence-electron chi connectivity index (χ2n) is 9.73. The number of benzene rings is 3. The fraction of sp³-hybridized carbons (Fsp3) is 0.161. The molecule has 35 heavy (non-hydrogen) atoms. The van der Waals surface area contributed by atoms with Gasteiger partial charge in [0.05, 0.1) is 11.4 Å². The molecule has 176 valence electrons. The third-order valence-electron chi connectivity index (χ3n) is 6.08. The molecule has 4 heteroatoms. The Bertz CT molecular complexity index is 1340. The average Bonchev–Trinajstić information content (AvgIpc) is 3.56. The lowest BCUT2D eigenvalue weighted by molar-refractivity contribution is 0.561. The first kappa shape index (κ1) is 23.4. The Kier molecular flexibility index (Phi) is 6.50. The fourth-order valence-corrected chi connectivity index (χ4v) is 5.68. The second kappa shape index (κ2) is 9.73. The highest BCUT2D eigenvalue weighted by Crippen LogP contribution is 2.38. The van der Waals surface area contributed by atoms with Crippen molar-refractivity contribution in [3.8, 4) is 11.1 Å². The van der Waals surface area contributed by atoms with Crippen molar-refractivity contribution >= 4 is 51.1 Å². The maximum absolute atomic E-state index is 2.40. The minimum absolute atomic E-state index is 0.00860. The summed E-state index contributed by atoms with van der Waals surface area (Å²) in [5.41, 5.74) is 9.65. The van der Waals surface area contributed by atoms with Crippen molar-refractivity contribution in [1.29, 1.82) is 0 Å². The molecular weight excluding hydrogens is 464 g/mol. The van der Waals surface area contributed by atoms with Gasteiger partial charge in [0, 0.05) is 33.4 Å². The Hall–Kier alpha value is -3.34. The van der Waals surface area contributed by atoms with Crippen molar-refractivity contribution in [1.82, 2.24) is 0 Å². The van der Waals surface area contributed by atoms with Crippen molar-refractivity contribution < 1.29 is 0 Å². The maximum atomic E-state index is 2.40. The lowest BCUT2D eigenvalue weighted by atomic mass is 10.0. The van der Waals surface area contributed by atoms with Gasteiger partial charge in [-0.25, -0.2) is 0 Å². The van der Waals surface area contributed by atoms with Gasteiger partial charge in [0.15, 0.2) is 0 Å². The normalized spacial score (nSPS) is 11.4. The quantitative estimate of drug-likeness (QED) is 0.232. The summed E-state index contributed by atoms with van der Waals surface area (Å²) >= 11 is 3.45. The van der Waals surface area contributed by atoms with Gasteiger partial charge in [-0.05, 0) is 98.1 Å². The third-order valence-corrected chi connectivity index (χ3v) is 7.42. The summed E-state index contributed by atoms with van der Waals surface area (Å²) < 4.78 is 0. The molecule has 0 aliphatic rings. The zero-order chi connectivity index (χ0) is 24.4. The van der Waals surface area contributed by atoms with Crippen LogP contribution in [0.1, 0.15) is 26.3 Å². The fourth-order valence-electron chi connectivity index (χ4n) is 4.44. The zero-order valence-electron chi connectivity index (χ0n) is 20.6. The van der Waals surface area contributed by atoms with Crippen LogP contribution < -0.4 is 9.80 Å². The standard InChI is InChI=1S/C31H30N2S2/c1-23-5-11-26(12-6-23)32(29-17-19-34-21-29)27-13-7-24(8-14-27)25-9-15-28(16-10-25)33(31(2,3)4)30-18-20-35-22-30/h5-22H,1-4H3. The predicted molar refractivity (Wildman–Crippen MR) is 155 cm³/mol. The van der Waals surface area contributed by atoms with Crippen LogP contribution in [-0.4, -0.2) is 5.54 Å². The Balaban J connectivity index is 1.44. The Morgan fingerprint density at radius 3 is 1.43 bits per heavy atom. The molecule has 5 aromatic rings. The van der Waals surface area contributed by atoms with Gasteiger partial charge in [0.2, 0.25) is 0 Å². The van der Waals surface area contributed by atoms with E-state index in [-0.39, 0.29) is 5.54 Å². The molecule has 0 saturated heterocycles. The van der Waals surface area contributed by atoms with Crippen molar-refractivity contribution in [3.05, 3.63) is 112 Å². The smallest absolute Gasteiger partial charge is 0.0568 e. The molecule has 2 heterocycles. The highest BCUT2D eigenvalue weighted by Gasteiger charge is 2.23. The second-order valence-corrected chi connectivity index (χ2v) is 11.3. The van der Waals surface area contributed by atoms with Gasteiger partial charge in [-0.15, -0.1) is 0 Å². The maximum Gasteiger partial charge on any atom is 0.0568 e. The molecule has 0 saturated carbocycles. The molecule has 3 aromatic carbocycles. The topological polar surface area (TPSA) is 6.48 Å². The molecule has 0 spiro atoms. The van der Waals surface area contributed by atoms with Gasteiger partial charge in [-0.3, -0.25) is 0 Å². The van der Waals surface area contributed by atoms with Crippen LogP contribution in [0.4, 0.5) is 28.4 Å². The molecule has 0 amide bonds. The SMILES string of the molecule is Cc1ccc(N(c2ccc(-c3ccc(N(c4ccsc4)C(C)(C)C)cc3)cc2)c2ccsc2)cc1. The number of rotatable bonds is 6. The van der Waals surface area contributed by atoms with Crippen molar-refractivity contribution in [2.24, 2.45) is 0 Å². The zero-order valence-corrected chi connectivity index (χ0v) is 22.2. The summed E-state index contributed by atoms with van der Waals surface area (Å²) in [6, 6.07) is 30.9. The molecule has 0 N–H and O–H groups in total. The Morgan fingerprint density at radius 1 is 0.514 bits per heavy atom. The first-order valence-electron chi connectivity index (χ1n) is 11.8. The summed E-state index contributed by atoms with van der Waals surface area (Å²) in [7, 11) is 0. The van der Waals surface area contributed by atoms with E-state index in [0.29, 0.717) is 0 Å². The number of hydrogen-bond acceptors (Lipinski definition) is 4. The third kappa shape index (κ3) is 5.04. The average molecular weight is 495 g/mol. The minimum atomic E-state index is -0.00860. The van der Waals surface area contributed by atoms with Gasteiger partial charge in [0.25, 0.3) is 0 Å². The number of anilines is 5. The van der Waals surface area contributed by atoms with Crippen LogP contribution in [0.3, 0.4) is 0 Å². The first-order valence-corrected chi connectivity index (χ1v) is 13.7. The molecule has 0 atom stereocenters. The molecule has 0 bridgehead atoms. The number of nitrogens with zero attached hydrogens (tertiary/aromatic N) is 2. The molecule has 0 aliphatic carbocycles. The lowest BCUT2D eigenvalue weighted by Gasteiger charge is -2.37. The first-order chi connectivity index (χ1) is 16.9. The van der Waals surface area contributed by atoms with Crippen LogP contribution in [0.5, 0.6) is 0 Å². The van der Waals surface area contributed by atoms with E-state index in [0.717, 1.165) is 5.69 Å². The number of thiophene rings is 2. The van der Waals surface area contributed by atoms with E-state index < -0.39 is 0 Å². The van der Waals surface area contributed by atoms with E-state index in [1.54, 1.807) is 22.7 Å². The largest absolute Gasteiger partial charge is 0.335 e. The van der Waals surface area contributed by atoms with Gasteiger partial charge in [0.1, 0.15) is 0 Å². The van der Waals surface area contributed by atoms with Crippen LogP contribution in [0.15, 0.2) is 106 Å². The van der Waals surface area contributed by atoms with Gasteiger partial charge >= 0.3 is 0 Å². The van der Waals surface area contributed by atoms with Gasteiger partial charge in [-0.1, -0.05) is 42.0 Å². The van der Waals surface area contributed by atoms with Gasteiger partial charge in [-0.2, -0.15) is 22.7 Å². The van der Waals surface area contributed by atoms with Crippen molar-refractivity contribution in [3.63, 3.8) is 0 Å². The summed E-state index contributed by atoms with van der Waals surface area (Å²) in [6.45, 7) is 8.89. The van der Waals surface area contributed by atoms with E-state index in [1.165, 1.54) is 39.4 Å². The molecule has 2 nitrogen and oxygen atoms in total. The van der Waals surface area contributed by atoms with E-state index in [1.807, 2.05) is 0 Å². The summed E-state index contributed by atoms with van der Waals surface area (Å²) in [5, 5.41) is 8.68. The summed E-state index contributed by atoms with van der Waals surface area (Å²) in [6.07, 6.45) is 0. The summed E-state index contributed by atoms with van der Waals surface area (Å²) in [4.78, 5) is 4.71. The van der Waals surface area contributed by atoms with E-state index in [2.05, 4.69) is 144 Å². The molecule has 0 fully saturated rings. The molecular formula is C31H30N2S2. The van der Waals surface area contributed by atoms with Crippen LogP contribution in [0.2, 0.25) is 0 Å². The number of hydrogen-bond donors (Lipinski definition) is 0. The van der Waals surface area contributed by atoms with E-state index in [4.69, 9.17) is 0 Å².